The number of aryl methyl sites for hydroxylation is 1. The Bertz CT molecular complexity index is 448. The number of rotatable bonds is 7. The summed E-state index contributed by atoms with van der Waals surface area (Å²) in [5.41, 5.74) is 0.907. The number of benzene rings is 1. The molecule has 19 heavy (non-hydrogen) atoms. The third-order valence-electron chi connectivity index (χ3n) is 2.74. The molecule has 5 heteroatoms. The number of carbonyl (C=O) groups excluding carboxylic acids is 1. The lowest BCUT2D eigenvalue weighted by Gasteiger charge is -2.20. The molecule has 0 heterocycles. The van der Waals surface area contributed by atoms with Crippen LogP contribution in [-0.2, 0) is 16.0 Å². The maximum Gasteiger partial charge on any atom is 0.323 e. The molecule has 0 atom stereocenters. The molecule has 1 rings (SSSR count). The van der Waals surface area contributed by atoms with Crippen LogP contribution in [0.5, 0.6) is 0 Å². The molecule has 0 aromatic heterocycles. The number of aliphatic carboxylic acids is 1. The number of carboxylic acids is 1. The smallest absolute Gasteiger partial charge is 0.323 e. The average molecular weight is 284 g/mol. The zero-order valence-corrected chi connectivity index (χ0v) is 11.7. The van der Waals surface area contributed by atoms with Crippen molar-refractivity contribution < 1.29 is 14.7 Å². The molecule has 104 valence electrons. The quantitative estimate of drug-likeness (QED) is 0.837. The van der Waals surface area contributed by atoms with Gasteiger partial charge in [0.15, 0.2) is 0 Å². The Morgan fingerprint density at radius 3 is 2.58 bits per heavy atom. The van der Waals surface area contributed by atoms with Gasteiger partial charge in [0.2, 0.25) is 5.91 Å². The summed E-state index contributed by atoms with van der Waals surface area (Å²) in [6.07, 6.45) is 1.54. The molecule has 1 aromatic carbocycles. The summed E-state index contributed by atoms with van der Waals surface area (Å²) < 4.78 is 0. The molecule has 1 amide bonds. The summed E-state index contributed by atoms with van der Waals surface area (Å²) in [7, 11) is 0. The molecule has 0 aliphatic heterocycles. The minimum absolute atomic E-state index is 0.149. The van der Waals surface area contributed by atoms with Crippen molar-refractivity contribution in [3.63, 3.8) is 0 Å². The van der Waals surface area contributed by atoms with E-state index < -0.39 is 5.97 Å². The van der Waals surface area contributed by atoms with E-state index in [0.717, 1.165) is 12.0 Å². The van der Waals surface area contributed by atoms with E-state index in [9.17, 15) is 9.59 Å². The third kappa shape index (κ3) is 5.30. The summed E-state index contributed by atoms with van der Waals surface area (Å²) in [4.78, 5) is 24.0. The second-order valence-corrected chi connectivity index (χ2v) is 4.71. The lowest BCUT2D eigenvalue weighted by molar-refractivity contribution is -0.144. The summed E-state index contributed by atoms with van der Waals surface area (Å²) >= 11 is 6.01. The van der Waals surface area contributed by atoms with Crippen molar-refractivity contribution in [1.82, 2.24) is 4.90 Å². The summed E-state index contributed by atoms with van der Waals surface area (Å²) in [6, 6.07) is 7.35. The molecular formula is C14H18ClNO3. The fourth-order valence-electron chi connectivity index (χ4n) is 1.83. The van der Waals surface area contributed by atoms with Crippen LogP contribution in [-0.4, -0.2) is 35.0 Å². The van der Waals surface area contributed by atoms with Crippen LogP contribution < -0.4 is 0 Å². The maximum absolute atomic E-state index is 12.0. The highest BCUT2D eigenvalue weighted by molar-refractivity contribution is 6.31. The van der Waals surface area contributed by atoms with Crippen molar-refractivity contribution in [3.05, 3.63) is 34.9 Å². The molecule has 0 spiro atoms. The highest BCUT2D eigenvalue weighted by Crippen LogP contribution is 2.17. The summed E-state index contributed by atoms with van der Waals surface area (Å²) in [6.45, 7) is 2.14. The lowest BCUT2D eigenvalue weighted by Crippen LogP contribution is -2.36. The van der Waals surface area contributed by atoms with Crippen molar-refractivity contribution >= 4 is 23.5 Å². The molecule has 0 aliphatic rings. The van der Waals surface area contributed by atoms with Crippen LogP contribution in [0.3, 0.4) is 0 Å². The van der Waals surface area contributed by atoms with Gasteiger partial charge in [-0.2, -0.15) is 0 Å². The average Bonchev–Trinajstić information content (AvgIpc) is 2.36. The van der Waals surface area contributed by atoms with Gasteiger partial charge >= 0.3 is 5.97 Å². The van der Waals surface area contributed by atoms with Gasteiger partial charge in [-0.15, -0.1) is 0 Å². The minimum atomic E-state index is -0.987. The number of hydrogen-bond acceptors (Lipinski definition) is 2. The monoisotopic (exact) mass is 283 g/mol. The molecule has 0 bridgehead atoms. The molecule has 0 fully saturated rings. The number of nitrogens with zero attached hydrogens (tertiary/aromatic N) is 1. The molecule has 0 radical (unpaired) electrons. The van der Waals surface area contributed by atoms with Crippen molar-refractivity contribution in [3.8, 4) is 0 Å². The van der Waals surface area contributed by atoms with Crippen molar-refractivity contribution in [1.29, 1.82) is 0 Å². The molecule has 0 aliphatic carbocycles. The van der Waals surface area contributed by atoms with Gasteiger partial charge in [-0.05, 0) is 24.5 Å². The van der Waals surface area contributed by atoms with Crippen LogP contribution in [0.4, 0.5) is 0 Å². The van der Waals surface area contributed by atoms with Gasteiger partial charge in [0.25, 0.3) is 0 Å². The number of hydrogen-bond donors (Lipinski definition) is 1. The Morgan fingerprint density at radius 2 is 2.00 bits per heavy atom. The van der Waals surface area contributed by atoms with E-state index in [4.69, 9.17) is 16.7 Å². The van der Waals surface area contributed by atoms with E-state index in [2.05, 4.69) is 0 Å². The van der Waals surface area contributed by atoms with Crippen LogP contribution in [0, 0.1) is 0 Å². The number of amides is 1. The van der Waals surface area contributed by atoms with Gasteiger partial charge in [0.05, 0.1) is 0 Å². The van der Waals surface area contributed by atoms with Crippen LogP contribution in [0.1, 0.15) is 25.3 Å². The first-order chi connectivity index (χ1) is 9.04. The van der Waals surface area contributed by atoms with Gasteiger partial charge in [-0.25, -0.2) is 0 Å². The van der Waals surface area contributed by atoms with E-state index in [1.54, 1.807) is 6.07 Å². The largest absolute Gasteiger partial charge is 0.480 e. The second-order valence-electron chi connectivity index (χ2n) is 4.30. The standard InChI is InChI=1S/C14H18ClNO3/c1-2-9-16(10-14(18)19)13(17)8-7-11-5-3-4-6-12(11)15/h3-6H,2,7-10H2,1H3,(H,18,19). The van der Waals surface area contributed by atoms with E-state index in [1.165, 1.54) is 4.90 Å². The van der Waals surface area contributed by atoms with Gasteiger partial charge in [-0.1, -0.05) is 36.7 Å². The van der Waals surface area contributed by atoms with Gasteiger partial charge < -0.3 is 10.0 Å². The SMILES string of the molecule is CCCN(CC(=O)O)C(=O)CCc1ccccc1Cl. The van der Waals surface area contributed by atoms with Crippen molar-refractivity contribution in [2.75, 3.05) is 13.1 Å². The number of halogens is 1. The minimum Gasteiger partial charge on any atom is -0.480 e. The molecule has 4 nitrogen and oxygen atoms in total. The Labute approximate surface area is 118 Å². The summed E-state index contributed by atoms with van der Waals surface area (Å²) in [5.74, 6) is -1.14. The Balaban J connectivity index is 2.57. The van der Waals surface area contributed by atoms with E-state index in [1.807, 2.05) is 25.1 Å². The fourth-order valence-corrected chi connectivity index (χ4v) is 2.06. The van der Waals surface area contributed by atoms with Gasteiger partial charge in [-0.3, -0.25) is 9.59 Å². The highest BCUT2D eigenvalue weighted by atomic mass is 35.5. The molecule has 1 N–H and O–H groups in total. The molecule has 1 aromatic rings. The Hall–Kier alpha value is -1.55. The molecule has 0 unspecified atom stereocenters. The van der Waals surface area contributed by atoms with Crippen LogP contribution >= 0.6 is 11.6 Å². The van der Waals surface area contributed by atoms with Gasteiger partial charge in [0.1, 0.15) is 6.54 Å². The molecule has 0 saturated heterocycles. The van der Waals surface area contributed by atoms with Crippen LogP contribution in [0.25, 0.3) is 0 Å². The Morgan fingerprint density at radius 1 is 1.32 bits per heavy atom. The number of carboxylic acid groups (broad SMARTS) is 1. The maximum atomic E-state index is 12.0. The third-order valence-corrected chi connectivity index (χ3v) is 3.11. The van der Waals surface area contributed by atoms with Crippen molar-refractivity contribution in [2.45, 2.75) is 26.2 Å². The number of carbonyl (C=O) groups is 2. The summed E-state index contributed by atoms with van der Waals surface area (Å²) in [5, 5.41) is 9.41. The second kappa shape index (κ2) is 7.79. The fraction of sp³-hybridized carbons (Fsp3) is 0.429. The predicted octanol–water partition coefficient (Wildman–Crippen LogP) is 2.60. The van der Waals surface area contributed by atoms with E-state index in [0.29, 0.717) is 18.0 Å². The highest BCUT2D eigenvalue weighted by Gasteiger charge is 2.15. The van der Waals surface area contributed by atoms with E-state index in [-0.39, 0.29) is 18.9 Å². The zero-order valence-electron chi connectivity index (χ0n) is 10.9. The normalized spacial score (nSPS) is 10.2. The lowest BCUT2D eigenvalue weighted by atomic mass is 10.1. The first kappa shape index (κ1) is 15.5. The van der Waals surface area contributed by atoms with Crippen LogP contribution in [0.15, 0.2) is 24.3 Å². The zero-order chi connectivity index (χ0) is 14.3. The first-order valence-electron chi connectivity index (χ1n) is 6.27. The Kier molecular flexibility index (Phi) is 6.36. The van der Waals surface area contributed by atoms with E-state index >= 15 is 0 Å². The molecular weight excluding hydrogens is 266 g/mol. The van der Waals surface area contributed by atoms with Crippen LogP contribution in [0.2, 0.25) is 5.02 Å². The molecule has 0 saturated carbocycles. The van der Waals surface area contributed by atoms with Crippen molar-refractivity contribution in [2.24, 2.45) is 0 Å². The first-order valence-corrected chi connectivity index (χ1v) is 6.65. The van der Waals surface area contributed by atoms with Gasteiger partial charge in [0, 0.05) is 18.0 Å². The topological polar surface area (TPSA) is 57.6 Å². The predicted molar refractivity (Wildman–Crippen MR) is 74.3 cm³/mol.